The Morgan fingerprint density at radius 1 is 0.946 bits per heavy atom. The molecule has 0 bridgehead atoms. The van der Waals surface area contributed by atoms with Crippen LogP contribution in [0.4, 0.5) is 4.39 Å². The number of piperidine rings is 1. The molecule has 0 spiro atoms. The van der Waals surface area contributed by atoms with Crippen LogP contribution in [0.2, 0.25) is 0 Å². The molecule has 2 aromatic rings. The van der Waals surface area contributed by atoms with Crippen LogP contribution in [-0.4, -0.2) is 58.4 Å². The number of amides is 2. The Morgan fingerprint density at radius 3 is 2.27 bits per heavy atom. The zero-order chi connectivity index (χ0) is 25.9. The van der Waals surface area contributed by atoms with E-state index in [4.69, 9.17) is 5.73 Å². The van der Waals surface area contributed by atoms with Gasteiger partial charge in [0.25, 0.3) is 5.91 Å². The van der Waals surface area contributed by atoms with Crippen LogP contribution < -0.4 is 11.1 Å². The summed E-state index contributed by atoms with van der Waals surface area (Å²) >= 11 is 0. The van der Waals surface area contributed by atoms with E-state index < -0.39 is 6.04 Å². The van der Waals surface area contributed by atoms with Crippen molar-refractivity contribution in [2.75, 3.05) is 6.54 Å². The highest BCUT2D eigenvalue weighted by molar-refractivity contribution is 5.97. The third-order valence-corrected chi connectivity index (χ3v) is 8.32. The molecule has 5 rings (SSSR count). The summed E-state index contributed by atoms with van der Waals surface area (Å²) in [6, 6.07) is 14.8. The molecule has 1 heterocycles. The summed E-state index contributed by atoms with van der Waals surface area (Å²) in [7, 11) is 0. The maximum absolute atomic E-state index is 13.7. The van der Waals surface area contributed by atoms with Gasteiger partial charge in [-0.2, -0.15) is 0 Å². The minimum absolute atomic E-state index is 0.0526. The molecule has 1 aliphatic heterocycles. The van der Waals surface area contributed by atoms with Crippen LogP contribution in [-0.2, 0) is 11.3 Å². The number of nitrogens with zero attached hydrogens (tertiary/aromatic N) is 2. The van der Waals surface area contributed by atoms with Crippen molar-refractivity contribution in [2.24, 2.45) is 5.73 Å². The van der Waals surface area contributed by atoms with Gasteiger partial charge in [-0.3, -0.25) is 14.5 Å². The predicted molar refractivity (Wildman–Crippen MR) is 142 cm³/mol. The van der Waals surface area contributed by atoms with E-state index in [1.54, 1.807) is 4.90 Å². The fraction of sp³-hybridized carbons (Fsp3) is 0.533. The lowest BCUT2D eigenvalue weighted by Crippen LogP contribution is -2.58. The lowest BCUT2D eigenvalue weighted by Gasteiger charge is -2.43. The van der Waals surface area contributed by atoms with Crippen molar-refractivity contribution in [2.45, 2.75) is 95.0 Å². The Morgan fingerprint density at radius 2 is 1.62 bits per heavy atom. The van der Waals surface area contributed by atoms with Gasteiger partial charge in [-0.15, -0.1) is 0 Å². The van der Waals surface area contributed by atoms with E-state index in [0.29, 0.717) is 24.6 Å². The van der Waals surface area contributed by atoms with Gasteiger partial charge in [-0.25, -0.2) is 4.39 Å². The lowest BCUT2D eigenvalue weighted by atomic mass is 9.90. The van der Waals surface area contributed by atoms with Crippen molar-refractivity contribution >= 4 is 11.8 Å². The van der Waals surface area contributed by atoms with Crippen LogP contribution in [0, 0.1) is 12.7 Å². The number of hydrogen-bond acceptors (Lipinski definition) is 4. The molecule has 3 N–H and O–H groups in total. The zero-order valence-electron chi connectivity index (χ0n) is 21.7. The molecule has 0 radical (unpaired) electrons. The molecule has 6 nitrogen and oxygen atoms in total. The quantitative estimate of drug-likeness (QED) is 0.591. The van der Waals surface area contributed by atoms with Crippen LogP contribution in [0.5, 0.6) is 0 Å². The third kappa shape index (κ3) is 6.39. The van der Waals surface area contributed by atoms with Gasteiger partial charge in [0.15, 0.2) is 0 Å². The molecule has 1 unspecified atom stereocenters. The Kier molecular flexibility index (Phi) is 7.91. The predicted octanol–water partition coefficient (Wildman–Crippen LogP) is 4.16. The number of aryl methyl sites for hydroxylation is 1. The number of rotatable bonds is 7. The SMILES string of the molecule is Cc1ccc(C(=O)N2CCC(N(Cc3ccc(F)cc3)C3CC3)C[C@@H]2C(=O)NC2CCC(N)CC2)cc1. The van der Waals surface area contributed by atoms with E-state index in [1.807, 2.05) is 43.3 Å². The number of halogens is 1. The number of carbonyl (C=O) groups is 2. The van der Waals surface area contributed by atoms with Gasteiger partial charge in [-0.1, -0.05) is 29.8 Å². The van der Waals surface area contributed by atoms with Crippen molar-refractivity contribution in [3.05, 3.63) is 71.0 Å². The summed E-state index contributed by atoms with van der Waals surface area (Å²) in [5.41, 5.74) is 8.87. The number of nitrogens with one attached hydrogen (secondary N) is 1. The van der Waals surface area contributed by atoms with Crippen molar-refractivity contribution in [3.8, 4) is 0 Å². The fourth-order valence-electron chi connectivity index (χ4n) is 5.93. The van der Waals surface area contributed by atoms with Gasteiger partial charge in [0.05, 0.1) is 0 Å². The Labute approximate surface area is 219 Å². The molecule has 2 aromatic carbocycles. The fourth-order valence-corrected chi connectivity index (χ4v) is 5.93. The summed E-state index contributed by atoms with van der Waals surface area (Å²) in [5.74, 6) is -0.367. The third-order valence-electron chi connectivity index (χ3n) is 8.32. The Bertz CT molecular complexity index is 1080. The van der Waals surface area contributed by atoms with Gasteiger partial charge < -0.3 is 16.0 Å². The van der Waals surface area contributed by atoms with E-state index in [0.717, 1.165) is 62.6 Å². The summed E-state index contributed by atoms with van der Waals surface area (Å²) < 4.78 is 13.5. The molecule has 2 atom stereocenters. The van der Waals surface area contributed by atoms with Crippen molar-refractivity contribution < 1.29 is 14.0 Å². The minimum atomic E-state index is -0.516. The standard InChI is InChI=1S/C30H39FN4O2/c1-20-2-6-22(7-3-20)30(37)34-17-16-27(18-28(34)29(36)33-25-12-10-24(32)11-13-25)35(26-14-15-26)19-21-4-8-23(31)9-5-21/h2-9,24-28H,10-19,32H2,1H3,(H,33,36)/t24?,25?,27?,28-/m1/s1. The molecule has 2 saturated carbocycles. The molecule has 7 heteroatoms. The number of benzene rings is 2. The summed E-state index contributed by atoms with van der Waals surface area (Å²) in [4.78, 5) is 31.6. The average molecular weight is 507 g/mol. The van der Waals surface area contributed by atoms with E-state index in [-0.39, 0.29) is 35.8 Å². The summed E-state index contributed by atoms with van der Waals surface area (Å²) in [6.45, 7) is 3.27. The van der Waals surface area contributed by atoms with E-state index in [1.165, 1.54) is 12.1 Å². The largest absolute Gasteiger partial charge is 0.352 e. The average Bonchev–Trinajstić information content (AvgIpc) is 3.75. The first-order valence-corrected chi connectivity index (χ1v) is 13.8. The smallest absolute Gasteiger partial charge is 0.254 e. The molecule has 3 aliphatic rings. The maximum Gasteiger partial charge on any atom is 0.254 e. The molecular weight excluding hydrogens is 467 g/mol. The van der Waals surface area contributed by atoms with Gasteiger partial charge in [0, 0.05) is 42.8 Å². The number of hydrogen-bond donors (Lipinski definition) is 2. The van der Waals surface area contributed by atoms with Crippen molar-refractivity contribution in [1.29, 1.82) is 0 Å². The number of carbonyl (C=O) groups excluding carboxylic acids is 2. The first-order valence-electron chi connectivity index (χ1n) is 13.8. The van der Waals surface area contributed by atoms with Crippen LogP contribution >= 0.6 is 0 Å². The van der Waals surface area contributed by atoms with Crippen LogP contribution in [0.25, 0.3) is 0 Å². The second-order valence-electron chi connectivity index (χ2n) is 11.2. The lowest BCUT2D eigenvalue weighted by molar-refractivity contribution is -0.128. The van der Waals surface area contributed by atoms with E-state index >= 15 is 0 Å². The molecular formula is C30H39FN4O2. The topological polar surface area (TPSA) is 78.7 Å². The summed E-state index contributed by atoms with van der Waals surface area (Å²) in [5, 5.41) is 3.27. The van der Waals surface area contributed by atoms with E-state index in [9.17, 15) is 14.0 Å². The first kappa shape index (κ1) is 25.9. The number of likely N-dealkylation sites (tertiary alicyclic amines) is 1. The second-order valence-corrected chi connectivity index (χ2v) is 11.2. The Balaban J connectivity index is 1.34. The van der Waals surface area contributed by atoms with Gasteiger partial charge in [-0.05, 0) is 88.1 Å². The molecule has 2 aliphatic carbocycles. The second kappa shape index (κ2) is 11.3. The molecule has 198 valence electrons. The van der Waals surface area contributed by atoms with Gasteiger partial charge >= 0.3 is 0 Å². The molecule has 2 amide bonds. The zero-order valence-corrected chi connectivity index (χ0v) is 21.7. The van der Waals surface area contributed by atoms with Crippen molar-refractivity contribution in [1.82, 2.24) is 15.1 Å². The highest BCUT2D eigenvalue weighted by atomic mass is 19.1. The highest BCUT2D eigenvalue weighted by Crippen LogP contribution is 2.35. The normalized spacial score (nSPS) is 26.2. The van der Waals surface area contributed by atoms with Gasteiger partial charge in [0.2, 0.25) is 5.91 Å². The monoisotopic (exact) mass is 506 g/mol. The van der Waals surface area contributed by atoms with Crippen LogP contribution in [0.1, 0.15) is 72.9 Å². The maximum atomic E-state index is 13.7. The van der Waals surface area contributed by atoms with E-state index in [2.05, 4.69) is 10.2 Å². The number of nitrogens with two attached hydrogens (primary N) is 1. The Hall–Kier alpha value is -2.77. The van der Waals surface area contributed by atoms with Crippen molar-refractivity contribution in [3.63, 3.8) is 0 Å². The minimum Gasteiger partial charge on any atom is -0.352 e. The summed E-state index contributed by atoms with van der Waals surface area (Å²) in [6.07, 6.45) is 7.30. The highest BCUT2D eigenvalue weighted by Gasteiger charge is 2.42. The first-order chi connectivity index (χ1) is 17.9. The van der Waals surface area contributed by atoms with Crippen LogP contribution in [0.15, 0.2) is 48.5 Å². The molecule has 0 aromatic heterocycles. The van der Waals surface area contributed by atoms with Crippen LogP contribution in [0.3, 0.4) is 0 Å². The molecule has 3 fully saturated rings. The molecule has 1 saturated heterocycles. The van der Waals surface area contributed by atoms with Gasteiger partial charge in [0.1, 0.15) is 11.9 Å². The molecule has 37 heavy (non-hydrogen) atoms.